The fourth-order valence-corrected chi connectivity index (χ4v) is 3.24. The number of nitrogens with one attached hydrogen (secondary N) is 1. The zero-order chi connectivity index (χ0) is 17.6. The van der Waals surface area contributed by atoms with E-state index in [2.05, 4.69) is 29.6 Å². The first-order chi connectivity index (χ1) is 12.2. The molecule has 5 nitrogen and oxygen atoms in total. The summed E-state index contributed by atoms with van der Waals surface area (Å²) in [5.74, 6) is -0.772. The summed E-state index contributed by atoms with van der Waals surface area (Å²) in [5, 5.41) is 11.2. The highest BCUT2D eigenvalue weighted by atomic mass is 16.5. The Hall–Kier alpha value is -2.82. The summed E-state index contributed by atoms with van der Waals surface area (Å²) in [4.78, 5) is 22.3. The van der Waals surface area contributed by atoms with Gasteiger partial charge in [-0.3, -0.25) is 4.79 Å². The minimum atomic E-state index is -0.818. The third-order valence-electron chi connectivity index (χ3n) is 4.43. The monoisotopic (exact) mass is 339 g/mol. The molecule has 0 heterocycles. The Morgan fingerprint density at radius 3 is 2.16 bits per heavy atom. The van der Waals surface area contributed by atoms with Crippen LogP contribution in [0.25, 0.3) is 11.1 Å². The molecular weight excluding hydrogens is 318 g/mol. The molecular formula is C20H21NO4. The van der Waals surface area contributed by atoms with Crippen LogP contribution >= 0.6 is 0 Å². The number of hydrogen-bond acceptors (Lipinski definition) is 3. The molecule has 3 rings (SSSR count). The van der Waals surface area contributed by atoms with Crippen molar-refractivity contribution in [3.05, 3.63) is 59.7 Å². The molecule has 0 atom stereocenters. The van der Waals surface area contributed by atoms with Crippen molar-refractivity contribution in [2.45, 2.75) is 25.2 Å². The second kappa shape index (κ2) is 7.83. The standard InChI is InChI=1S/C20H21NO4/c22-19(23)11-5-6-12-21-20(24)25-13-18-16-9-3-1-7-14(16)15-8-2-4-10-17(15)18/h1-4,7-10,18H,5-6,11-13H2,(H,21,24)(H,22,23). The molecule has 0 radical (unpaired) electrons. The van der Waals surface area contributed by atoms with Gasteiger partial charge in [0.25, 0.3) is 0 Å². The summed E-state index contributed by atoms with van der Waals surface area (Å²) >= 11 is 0. The van der Waals surface area contributed by atoms with Gasteiger partial charge in [-0.1, -0.05) is 48.5 Å². The maximum Gasteiger partial charge on any atom is 0.407 e. The number of unbranched alkanes of at least 4 members (excludes halogenated alkanes) is 1. The zero-order valence-electron chi connectivity index (χ0n) is 13.9. The van der Waals surface area contributed by atoms with E-state index in [1.807, 2.05) is 24.3 Å². The van der Waals surface area contributed by atoms with Gasteiger partial charge in [0.2, 0.25) is 0 Å². The number of alkyl carbamates (subject to hydrolysis) is 1. The molecule has 0 aromatic heterocycles. The van der Waals surface area contributed by atoms with Gasteiger partial charge in [-0.25, -0.2) is 4.79 Å². The third kappa shape index (κ3) is 3.99. The Bertz CT molecular complexity index is 726. The molecule has 5 heteroatoms. The molecule has 0 bridgehead atoms. The second-order valence-electron chi connectivity index (χ2n) is 6.10. The third-order valence-corrected chi connectivity index (χ3v) is 4.43. The largest absolute Gasteiger partial charge is 0.481 e. The molecule has 2 aromatic rings. The van der Waals surface area contributed by atoms with Gasteiger partial charge < -0.3 is 15.2 Å². The predicted molar refractivity (Wildman–Crippen MR) is 94.6 cm³/mol. The molecule has 0 aliphatic heterocycles. The molecule has 1 aliphatic carbocycles. The highest BCUT2D eigenvalue weighted by Crippen LogP contribution is 2.44. The van der Waals surface area contributed by atoms with E-state index in [4.69, 9.17) is 9.84 Å². The van der Waals surface area contributed by atoms with E-state index >= 15 is 0 Å². The van der Waals surface area contributed by atoms with E-state index in [0.29, 0.717) is 19.4 Å². The van der Waals surface area contributed by atoms with Crippen molar-refractivity contribution in [2.75, 3.05) is 13.2 Å². The number of carboxylic acid groups (broad SMARTS) is 1. The van der Waals surface area contributed by atoms with Crippen LogP contribution < -0.4 is 5.32 Å². The first kappa shape index (κ1) is 17.0. The molecule has 0 unspecified atom stereocenters. The molecule has 0 saturated heterocycles. The van der Waals surface area contributed by atoms with Gasteiger partial charge in [0.15, 0.2) is 0 Å². The first-order valence-corrected chi connectivity index (χ1v) is 8.47. The van der Waals surface area contributed by atoms with Gasteiger partial charge in [0.05, 0.1) is 0 Å². The Labute approximate surface area is 146 Å². The lowest BCUT2D eigenvalue weighted by atomic mass is 9.98. The SMILES string of the molecule is O=C(O)CCCCNC(=O)OCC1c2ccccc2-c2ccccc21. The molecule has 0 spiro atoms. The van der Waals surface area contributed by atoms with E-state index in [0.717, 1.165) is 0 Å². The van der Waals surface area contributed by atoms with Crippen molar-refractivity contribution >= 4 is 12.1 Å². The van der Waals surface area contributed by atoms with Crippen molar-refractivity contribution in [1.82, 2.24) is 5.32 Å². The van der Waals surface area contributed by atoms with Crippen LogP contribution in [0.5, 0.6) is 0 Å². The second-order valence-corrected chi connectivity index (χ2v) is 6.10. The number of fused-ring (bicyclic) bond motifs is 3. The van der Waals surface area contributed by atoms with Crippen LogP contribution in [0.1, 0.15) is 36.3 Å². The van der Waals surface area contributed by atoms with Crippen molar-refractivity contribution in [3.8, 4) is 11.1 Å². The minimum Gasteiger partial charge on any atom is -0.481 e. The lowest BCUT2D eigenvalue weighted by Crippen LogP contribution is -2.27. The zero-order valence-corrected chi connectivity index (χ0v) is 13.9. The number of aliphatic carboxylic acids is 1. The fraction of sp³-hybridized carbons (Fsp3) is 0.300. The van der Waals surface area contributed by atoms with Crippen molar-refractivity contribution in [1.29, 1.82) is 0 Å². The maximum atomic E-state index is 11.9. The van der Waals surface area contributed by atoms with Crippen LogP contribution in [0.4, 0.5) is 4.79 Å². The van der Waals surface area contributed by atoms with E-state index in [1.54, 1.807) is 0 Å². The van der Waals surface area contributed by atoms with E-state index in [9.17, 15) is 9.59 Å². The molecule has 25 heavy (non-hydrogen) atoms. The van der Waals surface area contributed by atoms with Gasteiger partial charge in [-0.15, -0.1) is 0 Å². The van der Waals surface area contributed by atoms with Crippen molar-refractivity contribution in [3.63, 3.8) is 0 Å². The quantitative estimate of drug-likeness (QED) is 0.753. The normalized spacial score (nSPS) is 12.3. The summed E-state index contributed by atoms with van der Waals surface area (Å²) < 4.78 is 5.40. The Morgan fingerprint density at radius 2 is 1.56 bits per heavy atom. The van der Waals surface area contributed by atoms with Crippen LogP contribution in [0, 0.1) is 0 Å². The number of carbonyl (C=O) groups is 2. The molecule has 0 saturated carbocycles. The number of hydrogen-bond donors (Lipinski definition) is 2. The lowest BCUT2D eigenvalue weighted by molar-refractivity contribution is -0.137. The van der Waals surface area contributed by atoms with Crippen molar-refractivity contribution < 1.29 is 19.4 Å². The Kier molecular flexibility index (Phi) is 5.33. The number of carbonyl (C=O) groups excluding carboxylic acids is 1. The van der Waals surface area contributed by atoms with Crippen LogP contribution in [0.2, 0.25) is 0 Å². The maximum absolute atomic E-state index is 11.9. The van der Waals surface area contributed by atoms with Crippen LogP contribution in [0.15, 0.2) is 48.5 Å². The summed E-state index contributed by atoms with van der Waals surface area (Å²) in [7, 11) is 0. The summed E-state index contributed by atoms with van der Waals surface area (Å²) in [6, 6.07) is 16.4. The van der Waals surface area contributed by atoms with Crippen LogP contribution in [-0.4, -0.2) is 30.3 Å². The smallest absolute Gasteiger partial charge is 0.407 e. The first-order valence-electron chi connectivity index (χ1n) is 8.47. The highest BCUT2D eigenvalue weighted by molar-refractivity contribution is 5.79. The van der Waals surface area contributed by atoms with E-state index < -0.39 is 12.1 Å². The lowest BCUT2D eigenvalue weighted by Gasteiger charge is -2.14. The van der Waals surface area contributed by atoms with E-state index in [-0.39, 0.29) is 18.9 Å². The van der Waals surface area contributed by atoms with Crippen LogP contribution in [-0.2, 0) is 9.53 Å². The summed E-state index contributed by atoms with van der Waals surface area (Å²) in [6.45, 7) is 0.707. The van der Waals surface area contributed by atoms with Gasteiger partial charge in [0.1, 0.15) is 6.61 Å². The molecule has 2 N–H and O–H groups in total. The Morgan fingerprint density at radius 1 is 0.960 bits per heavy atom. The number of carboxylic acids is 1. The predicted octanol–water partition coefficient (Wildman–Crippen LogP) is 3.78. The Balaban J connectivity index is 1.55. The highest BCUT2D eigenvalue weighted by Gasteiger charge is 2.28. The summed E-state index contributed by atoms with van der Waals surface area (Å²) in [5.41, 5.74) is 4.75. The van der Waals surface area contributed by atoms with Gasteiger partial charge in [0, 0.05) is 18.9 Å². The van der Waals surface area contributed by atoms with Gasteiger partial charge >= 0.3 is 12.1 Å². The number of amides is 1. The van der Waals surface area contributed by atoms with Gasteiger partial charge in [-0.05, 0) is 35.1 Å². The number of ether oxygens (including phenoxy) is 1. The molecule has 0 fully saturated rings. The molecule has 1 aliphatic rings. The average molecular weight is 339 g/mol. The number of rotatable bonds is 7. The minimum absolute atomic E-state index is 0.0464. The molecule has 1 amide bonds. The van der Waals surface area contributed by atoms with Crippen molar-refractivity contribution in [2.24, 2.45) is 0 Å². The van der Waals surface area contributed by atoms with Gasteiger partial charge in [-0.2, -0.15) is 0 Å². The average Bonchev–Trinajstić information content (AvgIpc) is 2.93. The van der Waals surface area contributed by atoms with E-state index in [1.165, 1.54) is 22.3 Å². The van der Waals surface area contributed by atoms with Crippen LogP contribution in [0.3, 0.4) is 0 Å². The topological polar surface area (TPSA) is 75.6 Å². The number of benzene rings is 2. The molecule has 2 aromatic carbocycles. The fourth-order valence-electron chi connectivity index (χ4n) is 3.24. The molecule has 130 valence electrons. The summed E-state index contributed by atoms with van der Waals surface area (Å²) in [6.07, 6.45) is 0.819.